The monoisotopic (exact) mass is 266 g/mol. The van der Waals surface area contributed by atoms with Gasteiger partial charge in [0.25, 0.3) is 0 Å². The van der Waals surface area contributed by atoms with Crippen molar-refractivity contribution in [2.45, 2.75) is 25.4 Å². The molecule has 2 aliphatic rings. The van der Waals surface area contributed by atoms with Gasteiger partial charge < -0.3 is 16.0 Å². The normalized spacial score (nSPS) is 21.4. The predicted molar refractivity (Wildman–Crippen MR) is 82.2 cm³/mol. The number of nitrogens with one attached hydrogen (secondary N) is 3. The Balaban J connectivity index is 1.70. The van der Waals surface area contributed by atoms with E-state index in [-0.39, 0.29) is 11.6 Å². The lowest BCUT2D eigenvalue weighted by Crippen LogP contribution is -2.19. The van der Waals surface area contributed by atoms with Crippen LogP contribution in [0.25, 0.3) is 0 Å². The molecule has 0 bridgehead atoms. The second kappa shape index (κ2) is 3.88. The molecule has 20 heavy (non-hydrogen) atoms. The molecular formula is C16H18N4. The van der Waals surface area contributed by atoms with Crippen molar-refractivity contribution in [1.82, 2.24) is 4.98 Å². The topological polar surface area (TPSA) is 49.0 Å². The lowest BCUT2D eigenvalue weighted by Gasteiger charge is -2.17. The van der Waals surface area contributed by atoms with Crippen molar-refractivity contribution in [3.05, 3.63) is 47.8 Å². The highest BCUT2D eigenvalue weighted by molar-refractivity contribution is 5.82. The Hall–Kier alpha value is -2.23. The summed E-state index contributed by atoms with van der Waals surface area (Å²) in [5, 5.41) is 10.6. The Morgan fingerprint density at radius 1 is 1.15 bits per heavy atom. The van der Waals surface area contributed by atoms with E-state index < -0.39 is 0 Å². The molecule has 0 aliphatic carbocycles. The van der Waals surface area contributed by atoms with Gasteiger partial charge in [0.05, 0.1) is 11.4 Å². The molecule has 3 N–H and O–H groups in total. The molecule has 0 spiro atoms. The lowest BCUT2D eigenvalue weighted by molar-refractivity contribution is 0.586. The Morgan fingerprint density at radius 3 is 2.70 bits per heavy atom. The average molecular weight is 266 g/mol. The molecule has 3 heterocycles. The van der Waals surface area contributed by atoms with Gasteiger partial charge in [0.2, 0.25) is 0 Å². The molecule has 4 rings (SSSR count). The van der Waals surface area contributed by atoms with Crippen LogP contribution in [0.4, 0.5) is 17.1 Å². The van der Waals surface area contributed by atoms with Gasteiger partial charge in [-0.1, -0.05) is 19.9 Å². The SMILES string of the molecule is CC1(C)CNc2cc3c(cc21)NC(c1cccnc1)N3. The van der Waals surface area contributed by atoms with E-state index in [1.165, 1.54) is 16.9 Å². The van der Waals surface area contributed by atoms with Crippen LogP contribution in [0.3, 0.4) is 0 Å². The van der Waals surface area contributed by atoms with E-state index in [4.69, 9.17) is 0 Å². The van der Waals surface area contributed by atoms with Crippen molar-refractivity contribution in [2.75, 3.05) is 22.5 Å². The van der Waals surface area contributed by atoms with Crippen molar-refractivity contribution in [3.8, 4) is 0 Å². The number of fused-ring (bicyclic) bond motifs is 2. The molecule has 0 amide bonds. The second-order valence-electron chi connectivity index (χ2n) is 6.19. The van der Waals surface area contributed by atoms with Gasteiger partial charge in [-0.2, -0.15) is 0 Å². The number of anilines is 3. The molecule has 1 unspecified atom stereocenters. The van der Waals surface area contributed by atoms with E-state index in [9.17, 15) is 0 Å². The van der Waals surface area contributed by atoms with Crippen molar-refractivity contribution in [3.63, 3.8) is 0 Å². The summed E-state index contributed by atoms with van der Waals surface area (Å²) in [5.74, 6) is 0. The number of aromatic nitrogens is 1. The van der Waals surface area contributed by atoms with E-state index >= 15 is 0 Å². The van der Waals surface area contributed by atoms with Crippen LogP contribution in [0.15, 0.2) is 36.7 Å². The summed E-state index contributed by atoms with van der Waals surface area (Å²) in [7, 11) is 0. The highest BCUT2D eigenvalue weighted by atomic mass is 15.2. The van der Waals surface area contributed by atoms with Gasteiger partial charge in [-0.15, -0.1) is 0 Å². The average Bonchev–Trinajstić information content (AvgIpc) is 2.99. The number of benzene rings is 1. The summed E-state index contributed by atoms with van der Waals surface area (Å²) >= 11 is 0. The minimum atomic E-state index is 0.101. The van der Waals surface area contributed by atoms with Crippen molar-refractivity contribution in [2.24, 2.45) is 0 Å². The summed E-state index contributed by atoms with van der Waals surface area (Å²) in [6.45, 7) is 5.55. The minimum Gasteiger partial charge on any atom is -0.384 e. The molecule has 4 heteroatoms. The van der Waals surface area contributed by atoms with Crippen LogP contribution in [0.5, 0.6) is 0 Å². The van der Waals surface area contributed by atoms with Gasteiger partial charge in [0.15, 0.2) is 0 Å². The van der Waals surface area contributed by atoms with E-state index in [2.05, 4.69) is 53.0 Å². The first-order chi connectivity index (χ1) is 9.63. The Kier molecular flexibility index (Phi) is 2.25. The summed E-state index contributed by atoms with van der Waals surface area (Å²) < 4.78 is 0. The molecule has 102 valence electrons. The smallest absolute Gasteiger partial charge is 0.125 e. The fourth-order valence-electron chi connectivity index (χ4n) is 3.02. The first kappa shape index (κ1) is 11.6. The molecule has 0 saturated heterocycles. The molecule has 0 radical (unpaired) electrons. The molecule has 1 aromatic heterocycles. The van der Waals surface area contributed by atoms with Crippen molar-refractivity contribution in [1.29, 1.82) is 0 Å². The zero-order valence-electron chi connectivity index (χ0n) is 11.7. The minimum absolute atomic E-state index is 0.101. The van der Waals surface area contributed by atoms with E-state index in [0.717, 1.165) is 17.8 Å². The third-order valence-electron chi connectivity index (χ3n) is 4.23. The molecule has 1 atom stereocenters. The summed E-state index contributed by atoms with van der Waals surface area (Å²) in [6.07, 6.45) is 3.79. The third kappa shape index (κ3) is 1.64. The van der Waals surface area contributed by atoms with Crippen LogP contribution in [0.1, 0.15) is 31.1 Å². The van der Waals surface area contributed by atoms with Crippen LogP contribution in [-0.4, -0.2) is 11.5 Å². The number of hydrogen-bond donors (Lipinski definition) is 3. The van der Waals surface area contributed by atoms with Gasteiger partial charge in [0, 0.05) is 35.6 Å². The fourth-order valence-corrected chi connectivity index (χ4v) is 3.02. The van der Waals surface area contributed by atoms with Crippen LogP contribution in [-0.2, 0) is 5.41 Å². The summed E-state index contributed by atoms with van der Waals surface area (Å²) in [5.41, 5.74) is 6.30. The zero-order chi connectivity index (χ0) is 13.7. The number of rotatable bonds is 1. The third-order valence-corrected chi connectivity index (χ3v) is 4.23. The largest absolute Gasteiger partial charge is 0.384 e. The summed E-state index contributed by atoms with van der Waals surface area (Å²) in [6, 6.07) is 8.53. The molecule has 2 aliphatic heterocycles. The van der Waals surface area contributed by atoms with E-state index in [1.807, 2.05) is 12.3 Å². The molecule has 4 nitrogen and oxygen atoms in total. The van der Waals surface area contributed by atoms with Crippen LogP contribution in [0.2, 0.25) is 0 Å². The predicted octanol–water partition coefficient (Wildman–Crippen LogP) is 3.32. The Morgan fingerprint density at radius 2 is 1.95 bits per heavy atom. The van der Waals surface area contributed by atoms with Gasteiger partial charge in [0.1, 0.15) is 6.17 Å². The maximum atomic E-state index is 4.19. The maximum absolute atomic E-state index is 4.19. The molecular weight excluding hydrogens is 248 g/mol. The van der Waals surface area contributed by atoms with Gasteiger partial charge >= 0.3 is 0 Å². The second-order valence-corrected chi connectivity index (χ2v) is 6.19. The van der Waals surface area contributed by atoms with Gasteiger partial charge in [-0.3, -0.25) is 4.98 Å². The standard InChI is InChI=1S/C16H18N4/c1-16(2)9-18-12-7-14-13(6-11(12)16)19-15(20-14)10-4-3-5-17-8-10/h3-8,15,18-20H,9H2,1-2H3. The molecule has 0 saturated carbocycles. The quantitative estimate of drug-likeness (QED) is 0.741. The number of pyridine rings is 1. The highest BCUT2D eigenvalue weighted by Crippen LogP contribution is 2.44. The highest BCUT2D eigenvalue weighted by Gasteiger charge is 2.32. The van der Waals surface area contributed by atoms with Crippen LogP contribution < -0.4 is 16.0 Å². The summed E-state index contributed by atoms with van der Waals surface area (Å²) in [4.78, 5) is 4.19. The van der Waals surface area contributed by atoms with Gasteiger partial charge in [-0.25, -0.2) is 0 Å². The fraction of sp³-hybridized carbons (Fsp3) is 0.312. The molecule has 0 fully saturated rings. The Bertz CT molecular complexity index is 664. The van der Waals surface area contributed by atoms with Crippen molar-refractivity contribution >= 4 is 17.1 Å². The first-order valence-corrected chi connectivity index (χ1v) is 6.99. The van der Waals surface area contributed by atoms with Crippen molar-refractivity contribution < 1.29 is 0 Å². The maximum Gasteiger partial charge on any atom is 0.125 e. The Labute approximate surface area is 118 Å². The van der Waals surface area contributed by atoms with Crippen LogP contribution >= 0.6 is 0 Å². The lowest BCUT2D eigenvalue weighted by atomic mass is 9.86. The van der Waals surface area contributed by atoms with Crippen LogP contribution in [0, 0.1) is 0 Å². The molecule has 1 aromatic carbocycles. The zero-order valence-corrected chi connectivity index (χ0v) is 11.7. The van der Waals surface area contributed by atoms with Gasteiger partial charge in [-0.05, 0) is 23.8 Å². The number of hydrogen-bond acceptors (Lipinski definition) is 4. The van der Waals surface area contributed by atoms with E-state index in [0.29, 0.717) is 0 Å². The number of nitrogens with zero attached hydrogens (tertiary/aromatic N) is 1. The molecule has 2 aromatic rings. The first-order valence-electron chi connectivity index (χ1n) is 6.99. The van der Waals surface area contributed by atoms with E-state index in [1.54, 1.807) is 6.20 Å².